The van der Waals surface area contributed by atoms with Crippen LogP contribution in [-0.2, 0) is 4.79 Å². The average Bonchev–Trinajstić information content (AvgIpc) is 2.82. The van der Waals surface area contributed by atoms with Gasteiger partial charge in [0, 0.05) is 11.9 Å². The summed E-state index contributed by atoms with van der Waals surface area (Å²) in [4.78, 5) is 10.8. The number of thioether (sulfide) groups is 1. The molecule has 4 heteroatoms. The van der Waals surface area contributed by atoms with Crippen molar-refractivity contribution in [2.75, 3.05) is 6.61 Å². The Hall–Kier alpha value is -0.220. The van der Waals surface area contributed by atoms with Crippen LogP contribution in [0.25, 0.3) is 0 Å². The monoisotopic (exact) mass is 204 g/mol. The van der Waals surface area contributed by atoms with E-state index in [4.69, 9.17) is 10.2 Å². The van der Waals surface area contributed by atoms with Gasteiger partial charge in [-0.3, -0.25) is 4.79 Å². The quantitative estimate of drug-likeness (QED) is 0.685. The maximum atomic E-state index is 10.8. The van der Waals surface area contributed by atoms with Crippen LogP contribution in [0.2, 0.25) is 0 Å². The number of aliphatic carboxylic acids is 1. The van der Waals surface area contributed by atoms with E-state index in [0.29, 0.717) is 12.3 Å². The number of carboxylic acids is 1. The molecule has 0 spiro atoms. The lowest BCUT2D eigenvalue weighted by Crippen LogP contribution is -2.21. The van der Waals surface area contributed by atoms with Gasteiger partial charge >= 0.3 is 5.97 Å². The molecule has 0 bridgehead atoms. The predicted octanol–water partition coefficient (Wildman–Crippen LogP) is 1.35. The summed E-state index contributed by atoms with van der Waals surface area (Å²) < 4.78 is 0. The van der Waals surface area contributed by atoms with E-state index in [2.05, 4.69) is 0 Å². The molecule has 2 atom stereocenters. The number of carbonyl (C=O) groups is 1. The van der Waals surface area contributed by atoms with E-state index in [-0.39, 0.29) is 17.1 Å². The van der Waals surface area contributed by atoms with Crippen LogP contribution in [0.4, 0.5) is 0 Å². The van der Waals surface area contributed by atoms with Gasteiger partial charge in [0.25, 0.3) is 0 Å². The topological polar surface area (TPSA) is 57.5 Å². The third-order valence-corrected chi connectivity index (χ3v) is 3.79. The highest BCUT2D eigenvalue weighted by Gasteiger charge is 2.37. The van der Waals surface area contributed by atoms with Gasteiger partial charge in [0.2, 0.25) is 0 Å². The number of rotatable bonds is 6. The summed E-state index contributed by atoms with van der Waals surface area (Å²) in [6.07, 6.45) is 2.78. The molecule has 1 aliphatic carbocycles. The molecule has 1 saturated carbocycles. The average molecular weight is 204 g/mol. The van der Waals surface area contributed by atoms with Crippen molar-refractivity contribution in [1.29, 1.82) is 0 Å². The number of carboxylic acid groups (broad SMARTS) is 1. The smallest absolute Gasteiger partial charge is 0.316 e. The van der Waals surface area contributed by atoms with Crippen molar-refractivity contribution in [3.63, 3.8) is 0 Å². The van der Waals surface area contributed by atoms with Gasteiger partial charge in [-0.15, -0.1) is 11.8 Å². The van der Waals surface area contributed by atoms with Crippen LogP contribution in [0.3, 0.4) is 0 Å². The lowest BCUT2D eigenvalue weighted by atomic mass is 10.3. The predicted molar refractivity (Wildman–Crippen MR) is 52.9 cm³/mol. The summed E-state index contributed by atoms with van der Waals surface area (Å²) in [5.74, 6) is -0.319. The molecule has 0 aromatic rings. The molecular formula is C9H16O3S. The first kappa shape index (κ1) is 10.9. The zero-order chi connectivity index (χ0) is 9.84. The maximum Gasteiger partial charge on any atom is 0.316 e. The Labute approximate surface area is 82.5 Å². The molecule has 2 N–H and O–H groups in total. The summed E-state index contributed by atoms with van der Waals surface area (Å²) in [6.45, 7) is 2.12. The van der Waals surface area contributed by atoms with E-state index in [1.54, 1.807) is 0 Å². The second kappa shape index (κ2) is 4.86. The van der Waals surface area contributed by atoms with Gasteiger partial charge in [-0.1, -0.05) is 6.92 Å². The van der Waals surface area contributed by atoms with Gasteiger partial charge in [0.15, 0.2) is 0 Å². The van der Waals surface area contributed by atoms with Gasteiger partial charge < -0.3 is 10.2 Å². The zero-order valence-corrected chi connectivity index (χ0v) is 8.59. The first-order valence-electron chi connectivity index (χ1n) is 4.64. The molecule has 0 amide bonds. The normalized spacial score (nSPS) is 21.1. The first-order valence-corrected chi connectivity index (χ1v) is 5.58. The molecular weight excluding hydrogens is 188 g/mol. The molecule has 76 valence electrons. The van der Waals surface area contributed by atoms with Crippen molar-refractivity contribution in [2.45, 2.75) is 36.7 Å². The molecule has 0 aromatic heterocycles. The molecule has 13 heavy (non-hydrogen) atoms. The van der Waals surface area contributed by atoms with Crippen LogP contribution in [-0.4, -0.2) is 33.3 Å². The molecule has 0 aliphatic heterocycles. The zero-order valence-electron chi connectivity index (χ0n) is 7.77. The third-order valence-electron chi connectivity index (χ3n) is 2.21. The summed E-state index contributed by atoms with van der Waals surface area (Å²) in [5.41, 5.74) is 0. The highest BCUT2D eigenvalue weighted by atomic mass is 32.2. The molecule has 3 nitrogen and oxygen atoms in total. The van der Waals surface area contributed by atoms with Crippen LogP contribution >= 0.6 is 11.8 Å². The van der Waals surface area contributed by atoms with Crippen molar-refractivity contribution in [2.24, 2.45) is 5.92 Å². The molecule has 2 unspecified atom stereocenters. The molecule has 0 saturated heterocycles. The van der Waals surface area contributed by atoms with Crippen molar-refractivity contribution in [1.82, 2.24) is 0 Å². The van der Waals surface area contributed by atoms with Crippen LogP contribution in [0.15, 0.2) is 0 Å². The number of aliphatic hydroxyl groups is 1. The van der Waals surface area contributed by atoms with Crippen LogP contribution in [0.5, 0.6) is 0 Å². The Bertz CT molecular complexity index is 180. The van der Waals surface area contributed by atoms with E-state index in [0.717, 1.165) is 12.8 Å². The van der Waals surface area contributed by atoms with Crippen LogP contribution in [0, 0.1) is 5.92 Å². The fraction of sp³-hybridized carbons (Fsp3) is 0.889. The highest BCUT2D eigenvalue weighted by molar-refractivity contribution is 8.01. The van der Waals surface area contributed by atoms with E-state index in [9.17, 15) is 4.79 Å². The molecule has 1 rings (SSSR count). The minimum atomic E-state index is -0.697. The summed E-state index contributed by atoms with van der Waals surface area (Å²) in [5, 5.41) is 17.6. The number of hydrogen-bond acceptors (Lipinski definition) is 3. The van der Waals surface area contributed by atoms with E-state index >= 15 is 0 Å². The van der Waals surface area contributed by atoms with Crippen molar-refractivity contribution < 1.29 is 15.0 Å². The maximum absolute atomic E-state index is 10.8. The van der Waals surface area contributed by atoms with E-state index < -0.39 is 5.97 Å². The number of hydrogen-bond donors (Lipinski definition) is 2. The summed E-state index contributed by atoms with van der Waals surface area (Å²) in [6, 6.07) is 0. The Morgan fingerprint density at radius 1 is 1.62 bits per heavy atom. The number of aliphatic hydroxyl groups excluding tert-OH is 1. The fourth-order valence-corrected chi connectivity index (χ4v) is 2.62. The Morgan fingerprint density at radius 3 is 2.62 bits per heavy atom. The van der Waals surface area contributed by atoms with Crippen molar-refractivity contribution in [3.05, 3.63) is 0 Å². The lowest BCUT2D eigenvalue weighted by molar-refractivity contribution is -0.136. The van der Waals surface area contributed by atoms with E-state index in [1.165, 1.54) is 11.8 Å². The van der Waals surface area contributed by atoms with Crippen LogP contribution in [0.1, 0.15) is 26.2 Å². The Morgan fingerprint density at radius 2 is 2.23 bits per heavy atom. The lowest BCUT2D eigenvalue weighted by Gasteiger charge is -2.15. The van der Waals surface area contributed by atoms with Gasteiger partial charge in [0.05, 0.1) is 0 Å². The Kier molecular flexibility index (Phi) is 4.06. The van der Waals surface area contributed by atoms with E-state index in [1.807, 2.05) is 6.92 Å². The third kappa shape index (κ3) is 3.56. The summed E-state index contributed by atoms with van der Waals surface area (Å²) >= 11 is 1.49. The molecule has 1 aliphatic rings. The molecule has 1 fully saturated rings. The summed E-state index contributed by atoms with van der Waals surface area (Å²) in [7, 11) is 0. The van der Waals surface area contributed by atoms with Gasteiger partial charge in [0.1, 0.15) is 5.25 Å². The van der Waals surface area contributed by atoms with Crippen LogP contribution < -0.4 is 0 Å². The highest BCUT2D eigenvalue weighted by Crippen LogP contribution is 2.40. The van der Waals surface area contributed by atoms with Gasteiger partial charge in [-0.05, 0) is 25.2 Å². The molecule has 0 radical (unpaired) electrons. The second-order valence-electron chi connectivity index (χ2n) is 3.56. The SMILES string of the molecule is CC(CCO)SC(C(=O)O)C1CC1. The minimum absolute atomic E-state index is 0.144. The minimum Gasteiger partial charge on any atom is -0.480 e. The van der Waals surface area contributed by atoms with Gasteiger partial charge in [-0.25, -0.2) is 0 Å². The van der Waals surface area contributed by atoms with Crippen molar-refractivity contribution >= 4 is 17.7 Å². The first-order chi connectivity index (χ1) is 6.15. The second-order valence-corrected chi connectivity index (χ2v) is 5.14. The standard InChI is InChI=1S/C9H16O3S/c1-6(4-5-10)13-8(9(11)12)7-2-3-7/h6-8,10H,2-5H2,1H3,(H,11,12). The van der Waals surface area contributed by atoms with Crippen molar-refractivity contribution in [3.8, 4) is 0 Å². The largest absolute Gasteiger partial charge is 0.480 e. The molecule has 0 aromatic carbocycles. The molecule has 0 heterocycles. The van der Waals surface area contributed by atoms with Gasteiger partial charge in [-0.2, -0.15) is 0 Å². The Balaban J connectivity index is 2.33. The fourth-order valence-electron chi connectivity index (χ4n) is 1.27.